The normalized spacial score (nSPS) is 17.1. The van der Waals surface area contributed by atoms with E-state index in [1.807, 2.05) is 49.9 Å². The molecule has 2 atom stereocenters. The number of carbonyl (C=O) groups is 2. The van der Waals surface area contributed by atoms with Crippen LogP contribution in [0.2, 0.25) is 0 Å². The molecule has 5 rings (SSSR count). The number of aromatic nitrogens is 3. The predicted octanol–water partition coefficient (Wildman–Crippen LogP) is 4.84. The standard InChI is InChI=1S/C33H35FN6O3/c1-22(2)33(42)40-23(3)19-39(20-26-27(34)8-6-9-29(26)43-30-10-4-5-15-35-30)21-28(40)32(41)38-18-24-11-13-25(14-12-24)31-36-16-7-17-37-31/h4-17,22-23,28H,18-21H2,1-3H3,(H,38,41)/t23-,28-/m1/s1. The van der Waals surface area contributed by atoms with Crippen molar-refractivity contribution in [3.63, 3.8) is 0 Å². The Labute approximate surface area is 250 Å². The molecule has 0 bridgehead atoms. The molecule has 2 amide bonds. The van der Waals surface area contributed by atoms with Crippen molar-refractivity contribution in [2.45, 2.75) is 45.9 Å². The van der Waals surface area contributed by atoms with Crippen molar-refractivity contribution < 1.29 is 18.7 Å². The van der Waals surface area contributed by atoms with E-state index in [0.717, 1.165) is 11.1 Å². The zero-order valence-electron chi connectivity index (χ0n) is 24.5. The van der Waals surface area contributed by atoms with Crippen LogP contribution < -0.4 is 10.1 Å². The topological polar surface area (TPSA) is 101 Å². The quantitative estimate of drug-likeness (QED) is 0.301. The second-order valence-corrected chi connectivity index (χ2v) is 10.9. The van der Waals surface area contributed by atoms with Crippen molar-refractivity contribution in [2.75, 3.05) is 13.1 Å². The number of hydrogen-bond donors (Lipinski definition) is 1. The molecule has 0 spiro atoms. The summed E-state index contributed by atoms with van der Waals surface area (Å²) in [6.45, 7) is 6.79. The van der Waals surface area contributed by atoms with Crippen LogP contribution in [0.25, 0.3) is 11.4 Å². The summed E-state index contributed by atoms with van der Waals surface area (Å²) in [7, 11) is 0. The number of pyridine rings is 1. The van der Waals surface area contributed by atoms with Crippen molar-refractivity contribution in [2.24, 2.45) is 5.92 Å². The fourth-order valence-electron chi connectivity index (χ4n) is 5.24. The van der Waals surface area contributed by atoms with Gasteiger partial charge >= 0.3 is 0 Å². The Hall–Kier alpha value is -4.70. The Kier molecular flexibility index (Phi) is 9.36. The van der Waals surface area contributed by atoms with E-state index in [2.05, 4.69) is 20.3 Å². The molecule has 1 fully saturated rings. The van der Waals surface area contributed by atoms with Gasteiger partial charge in [-0.25, -0.2) is 19.3 Å². The van der Waals surface area contributed by atoms with Crippen LogP contribution in [0.3, 0.4) is 0 Å². The highest BCUT2D eigenvalue weighted by molar-refractivity contribution is 5.89. The Bertz CT molecular complexity index is 1540. The molecule has 0 radical (unpaired) electrons. The van der Waals surface area contributed by atoms with Crippen molar-refractivity contribution in [1.82, 2.24) is 30.1 Å². The lowest BCUT2D eigenvalue weighted by atomic mass is 10.0. The number of benzene rings is 2. The van der Waals surface area contributed by atoms with Gasteiger partial charge in [-0.15, -0.1) is 0 Å². The van der Waals surface area contributed by atoms with Crippen LogP contribution in [0, 0.1) is 11.7 Å². The molecule has 0 unspecified atom stereocenters. The highest BCUT2D eigenvalue weighted by Crippen LogP contribution is 2.29. The van der Waals surface area contributed by atoms with Gasteiger partial charge in [0, 0.05) is 73.9 Å². The Morgan fingerprint density at radius 1 is 0.953 bits per heavy atom. The van der Waals surface area contributed by atoms with E-state index in [1.165, 1.54) is 6.07 Å². The van der Waals surface area contributed by atoms with Gasteiger partial charge in [0.1, 0.15) is 17.6 Å². The number of ether oxygens (including phenoxy) is 1. The van der Waals surface area contributed by atoms with Gasteiger partial charge in [-0.1, -0.05) is 50.2 Å². The first-order valence-corrected chi connectivity index (χ1v) is 14.3. The number of nitrogens with one attached hydrogen (secondary N) is 1. The maximum Gasteiger partial charge on any atom is 0.244 e. The molecule has 9 nitrogen and oxygen atoms in total. The number of halogens is 1. The lowest BCUT2D eigenvalue weighted by molar-refractivity contribution is -0.150. The molecule has 43 heavy (non-hydrogen) atoms. The van der Waals surface area contributed by atoms with Crippen molar-refractivity contribution >= 4 is 11.8 Å². The van der Waals surface area contributed by atoms with E-state index in [0.29, 0.717) is 36.1 Å². The minimum absolute atomic E-state index is 0.0930. The molecule has 1 N–H and O–H groups in total. The Morgan fingerprint density at radius 2 is 1.70 bits per heavy atom. The molecule has 4 aromatic rings. The van der Waals surface area contributed by atoms with E-state index < -0.39 is 11.9 Å². The summed E-state index contributed by atoms with van der Waals surface area (Å²) in [5.74, 6) is 0.299. The first-order valence-electron chi connectivity index (χ1n) is 14.3. The number of rotatable bonds is 9. The van der Waals surface area contributed by atoms with Crippen LogP contribution in [0.15, 0.2) is 85.3 Å². The molecular weight excluding hydrogens is 547 g/mol. The van der Waals surface area contributed by atoms with Gasteiger partial charge in [-0.2, -0.15) is 0 Å². The SMILES string of the molecule is CC(C)C(=O)N1[C@H](C)CN(Cc2c(F)cccc2Oc2ccccn2)C[C@@H]1C(=O)NCc1ccc(-c2ncccn2)cc1. The molecule has 0 saturated carbocycles. The molecule has 2 aromatic carbocycles. The van der Waals surface area contributed by atoms with Gasteiger partial charge in [0.15, 0.2) is 5.82 Å². The predicted molar refractivity (Wildman–Crippen MR) is 160 cm³/mol. The third-order valence-corrected chi connectivity index (χ3v) is 7.37. The molecule has 2 aromatic heterocycles. The third-order valence-electron chi connectivity index (χ3n) is 7.37. The van der Waals surface area contributed by atoms with Gasteiger partial charge < -0.3 is 15.0 Å². The van der Waals surface area contributed by atoms with Gasteiger partial charge in [-0.3, -0.25) is 14.5 Å². The number of nitrogens with zero attached hydrogens (tertiary/aromatic N) is 5. The number of carbonyl (C=O) groups excluding carboxylic acids is 2. The molecule has 1 aliphatic rings. The average Bonchev–Trinajstić information content (AvgIpc) is 3.02. The molecule has 1 aliphatic heterocycles. The zero-order chi connectivity index (χ0) is 30.3. The van der Waals surface area contributed by atoms with Crippen LogP contribution in [0.1, 0.15) is 31.9 Å². The number of amides is 2. The van der Waals surface area contributed by atoms with E-state index in [-0.39, 0.29) is 36.9 Å². The van der Waals surface area contributed by atoms with Gasteiger partial charge in [0.2, 0.25) is 17.7 Å². The smallest absolute Gasteiger partial charge is 0.244 e. The minimum Gasteiger partial charge on any atom is -0.439 e. The molecule has 0 aliphatic carbocycles. The summed E-state index contributed by atoms with van der Waals surface area (Å²) in [5.41, 5.74) is 2.14. The van der Waals surface area contributed by atoms with Crippen molar-refractivity contribution in [3.8, 4) is 23.0 Å². The summed E-state index contributed by atoms with van der Waals surface area (Å²) in [5, 5.41) is 3.01. The lowest BCUT2D eigenvalue weighted by Crippen LogP contribution is -2.64. The van der Waals surface area contributed by atoms with Crippen molar-refractivity contribution in [1.29, 1.82) is 0 Å². The summed E-state index contributed by atoms with van der Waals surface area (Å²) in [6, 6.07) is 18.4. The molecule has 3 heterocycles. The lowest BCUT2D eigenvalue weighted by Gasteiger charge is -2.45. The molecule has 1 saturated heterocycles. The fourth-order valence-corrected chi connectivity index (χ4v) is 5.24. The number of piperazine rings is 1. The maximum atomic E-state index is 15.1. The van der Waals surface area contributed by atoms with Gasteiger partial charge in [0.25, 0.3) is 0 Å². The summed E-state index contributed by atoms with van der Waals surface area (Å²) in [6.07, 6.45) is 4.99. The summed E-state index contributed by atoms with van der Waals surface area (Å²) in [4.78, 5) is 43.3. The van der Waals surface area contributed by atoms with Gasteiger partial charge in [-0.05, 0) is 36.8 Å². The van der Waals surface area contributed by atoms with E-state index >= 15 is 4.39 Å². The second kappa shape index (κ2) is 13.5. The minimum atomic E-state index is -0.748. The Morgan fingerprint density at radius 3 is 2.40 bits per heavy atom. The summed E-state index contributed by atoms with van der Waals surface area (Å²) < 4.78 is 21.1. The van der Waals surface area contributed by atoms with Crippen molar-refractivity contribution in [3.05, 3.63) is 102 Å². The van der Waals surface area contributed by atoms with E-state index in [9.17, 15) is 9.59 Å². The van der Waals surface area contributed by atoms with Crippen LogP contribution in [-0.2, 0) is 22.7 Å². The van der Waals surface area contributed by atoms with E-state index in [4.69, 9.17) is 4.74 Å². The first kappa shape index (κ1) is 29.8. The highest BCUT2D eigenvalue weighted by Gasteiger charge is 2.40. The van der Waals surface area contributed by atoms with Crippen LogP contribution >= 0.6 is 0 Å². The fraction of sp³-hybridized carbons (Fsp3) is 0.303. The summed E-state index contributed by atoms with van der Waals surface area (Å²) >= 11 is 0. The monoisotopic (exact) mass is 582 g/mol. The van der Waals surface area contributed by atoms with Crippen LogP contribution in [0.4, 0.5) is 4.39 Å². The van der Waals surface area contributed by atoms with Gasteiger partial charge in [0.05, 0.1) is 0 Å². The average molecular weight is 583 g/mol. The molecule has 222 valence electrons. The third kappa shape index (κ3) is 7.21. The number of hydrogen-bond acceptors (Lipinski definition) is 7. The highest BCUT2D eigenvalue weighted by atomic mass is 19.1. The van der Waals surface area contributed by atoms with Crippen LogP contribution in [0.5, 0.6) is 11.6 Å². The second-order valence-electron chi connectivity index (χ2n) is 10.9. The van der Waals surface area contributed by atoms with E-state index in [1.54, 1.807) is 59.9 Å². The maximum absolute atomic E-state index is 15.1. The van der Waals surface area contributed by atoms with Crippen LogP contribution in [-0.4, -0.2) is 61.7 Å². The molecule has 10 heteroatoms. The Balaban J connectivity index is 1.32. The molecular formula is C33H35FN6O3. The zero-order valence-corrected chi connectivity index (χ0v) is 24.5. The largest absolute Gasteiger partial charge is 0.439 e. The first-order chi connectivity index (χ1) is 20.8.